The third-order valence-electron chi connectivity index (χ3n) is 1.95. The zero-order chi connectivity index (χ0) is 10.1. The molecule has 0 amide bonds. The van der Waals surface area contributed by atoms with Gasteiger partial charge >= 0.3 is 5.97 Å². The van der Waals surface area contributed by atoms with Crippen LogP contribution >= 0.6 is 11.3 Å². The van der Waals surface area contributed by atoms with E-state index in [0.29, 0.717) is 11.5 Å². The largest absolute Gasteiger partial charge is 0.462 e. The van der Waals surface area contributed by atoms with E-state index in [1.807, 2.05) is 17.5 Å². The highest BCUT2D eigenvalue weighted by Crippen LogP contribution is 2.22. The Balaban J connectivity index is 2.47. The second kappa shape index (κ2) is 3.42. The molecular weight excluding hydrogens is 200 g/mol. The molecule has 0 atom stereocenters. The molecule has 0 unspecified atom stereocenters. The molecule has 2 aromatic heterocycles. The van der Waals surface area contributed by atoms with Crippen molar-refractivity contribution in [3.63, 3.8) is 0 Å². The van der Waals surface area contributed by atoms with E-state index in [4.69, 9.17) is 4.74 Å². The first-order valence-electron chi connectivity index (χ1n) is 4.33. The number of hydrogen-bond donors (Lipinski definition) is 0. The predicted molar refractivity (Wildman–Crippen MR) is 53.8 cm³/mol. The van der Waals surface area contributed by atoms with Gasteiger partial charge in [0.15, 0.2) is 4.96 Å². The maximum atomic E-state index is 11.5. The van der Waals surface area contributed by atoms with E-state index in [9.17, 15) is 4.79 Å². The minimum absolute atomic E-state index is 0.263. The standard InChI is InChI=1S/C9H10N2O2S/c1-3-13-8(12)7-6(2)11-5-4-10-9(11)14-7/h4-5H,3H2,1-2H3. The molecule has 0 fully saturated rings. The molecule has 2 heterocycles. The molecule has 0 bridgehead atoms. The normalized spacial score (nSPS) is 10.7. The molecule has 4 nitrogen and oxygen atoms in total. The molecule has 0 aliphatic carbocycles. The molecule has 0 aliphatic rings. The van der Waals surface area contributed by atoms with Gasteiger partial charge in [0.05, 0.1) is 6.61 Å². The van der Waals surface area contributed by atoms with Crippen molar-refractivity contribution < 1.29 is 9.53 Å². The number of imidazole rings is 1. The molecule has 0 N–H and O–H groups in total. The number of carbonyl (C=O) groups is 1. The van der Waals surface area contributed by atoms with Gasteiger partial charge in [-0.1, -0.05) is 11.3 Å². The molecule has 0 saturated heterocycles. The van der Waals surface area contributed by atoms with Gasteiger partial charge in [0.2, 0.25) is 0 Å². The van der Waals surface area contributed by atoms with Crippen molar-refractivity contribution in [1.82, 2.24) is 9.38 Å². The average Bonchev–Trinajstić information content (AvgIpc) is 2.69. The fraction of sp³-hybridized carbons (Fsp3) is 0.333. The van der Waals surface area contributed by atoms with Crippen LogP contribution in [0.4, 0.5) is 0 Å². The second-order valence-corrected chi connectivity index (χ2v) is 3.79. The molecular formula is C9H10N2O2S. The summed E-state index contributed by atoms with van der Waals surface area (Å²) in [6.45, 7) is 4.09. The lowest BCUT2D eigenvalue weighted by Gasteiger charge is -1.98. The van der Waals surface area contributed by atoms with Crippen LogP contribution < -0.4 is 0 Å². The Bertz CT molecular complexity index is 472. The van der Waals surface area contributed by atoms with Gasteiger partial charge in [-0.25, -0.2) is 9.78 Å². The highest BCUT2D eigenvalue weighted by Gasteiger charge is 2.16. The van der Waals surface area contributed by atoms with Gasteiger partial charge in [0.25, 0.3) is 0 Å². The van der Waals surface area contributed by atoms with Crippen molar-refractivity contribution in [2.45, 2.75) is 13.8 Å². The second-order valence-electron chi connectivity index (χ2n) is 2.82. The first-order valence-corrected chi connectivity index (χ1v) is 5.15. The quantitative estimate of drug-likeness (QED) is 0.711. The van der Waals surface area contributed by atoms with E-state index in [1.54, 1.807) is 13.1 Å². The fourth-order valence-electron chi connectivity index (χ4n) is 1.28. The summed E-state index contributed by atoms with van der Waals surface area (Å²) in [5.74, 6) is -0.263. The van der Waals surface area contributed by atoms with Crippen LogP contribution in [0.25, 0.3) is 4.96 Å². The van der Waals surface area contributed by atoms with Gasteiger partial charge < -0.3 is 4.74 Å². The van der Waals surface area contributed by atoms with E-state index in [1.165, 1.54) is 11.3 Å². The zero-order valence-electron chi connectivity index (χ0n) is 7.98. The molecule has 0 aliphatic heterocycles. The maximum Gasteiger partial charge on any atom is 0.350 e. The summed E-state index contributed by atoms with van der Waals surface area (Å²) in [7, 11) is 0. The van der Waals surface area contributed by atoms with Crippen LogP contribution in [-0.2, 0) is 4.74 Å². The lowest BCUT2D eigenvalue weighted by Crippen LogP contribution is -2.04. The van der Waals surface area contributed by atoms with E-state index in [-0.39, 0.29) is 5.97 Å². The fourth-order valence-corrected chi connectivity index (χ4v) is 2.26. The Kier molecular flexibility index (Phi) is 2.25. The van der Waals surface area contributed by atoms with Crippen LogP contribution in [0.1, 0.15) is 22.3 Å². The predicted octanol–water partition coefficient (Wildman–Crippen LogP) is 1.88. The number of esters is 1. The number of ether oxygens (including phenoxy) is 1. The smallest absolute Gasteiger partial charge is 0.350 e. The number of thiazole rings is 1. The molecule has 0 radical (unpaired) electrons. The molecule has 0 saturated carbocycles. The number of carbonyl (C=O) groups excluding carboxylic acids is 1. The van der Waals surface area contributed by atoms with Crippen LogP contribution in [0.5, 0.6) is 0 Å². The van der Waals surface area contributed by atoms with Gasteiger partial charge in [0.1, 0.15) is 4.88 Å². The average molecular weight is 210 g/mol. The summed E-state index contributed by atoms with van der Waals surface area (Å²) in [4.78, 5) is 17.1. The summed E-state index contributed by atoms with van der Waals surface area (Å²) >= 11 is 1.36. The van der Waals surface area contributed by atoms with Crippen molar-refractivity contribution in [3.8, 4) is 0 Å². The molecule has 0 aromatic carbocycles. The number of rotatable bonds is 2. The number of aromatic nitrogens is 2. The van der Waals surface area contributed by atoms with Crippen LogP contribution in [0.3, 0.4) is 0 Å². The van der Waals surface area contributed by atoms with E-state index in [0.717, 1.165) is 10.7 Å². The van der Waals surface area contributed by atoms with Crippen molar-refractivity contribution in [2.24, 2.45) is 0 Å². The Morgan fingerprint density at radius 1 is 1.71 bits per heavy atom. The maximum absolute atomic E-state index is 11.5. The van der Waals surface area contributed by atoms with E-state index >= 15 is 0 Å². The monoisotopic (exact) mass is 210 g/mol. The summed E-state index contributed by atoms with van der Waals surface area (Å²) < 4.78 is 6.82. The summed E-state index contributed by atoms with van der Waals surface area (Å²) in [6, 6.07) is 0. The van der Waals surface area contributed by atoms with Gasteiger partial charge in [-0.15, -0.1) is 0 Å². The Morgan fingerprint density at radius 2 is 2.50 bits per heavy atom. The van der Waals surface area contributed by atoms with Gasteiger partial charge in [-0.05, 0) is 13.8 Å². The van der Waals surface area contributed by atoms with Gasteiger partial charge in [-0.2, -0.15) is 0 Å². The Labute approximate surface area is 85.1 Å². The third kappa shape index (κ3) is 1.29. The minimum atomic E-state index is -0.263. The van der Waals surface area contributed by atoms with Crippen LogP contribution in [0.15, 0.2) is 12.4 Å². The molecule has 14 heavy (non-hydrogen) atoms. The van der Waals surface area contributed by atoms with Crippen molar-refractivity contribution >= 4 is 22.3 Å². The molecule has 74 valence electrons. The molecule has 2 rings (SSSR count). The third-order valence-corrected chi connectivity index (χ3v) is 3.10. The lowest BCUT2D eigenvalue weighted by atomic mass is 10.4. The first-order chi connectivity index (χ1) is 6.74. The molecule has 5 heteroatoms. The highest BCUT2D eigenvalue weighted by atomic mass is 32.1. The van der Waals surface area contributed by atoms with Crippen molar-refractivity contribution in [2.75, 3.05) is 6.61 Å². The number of nitrogens with zero attached hydrogens (tertiary/aromatic N) is 2. The molecule has 2 aromatic rings. The lowest BCUT2D eigenvalue weighted by molar-refractivity contribution is 0.0531. The highest BCUT2D eigenvalue weighted by molar-refractivity contribution is 7.19. The first kappa shape index (κ1) is 9.21. The SMILES string of the molecule is CCOC(=O)c1sc2nccn2c1C. The topological polar surface area (TPSA) is 43.6 Å². The zero-order valence-corrected chi connectivity index (χ0v) is 8.80. The molecule has 0 spiro atoms. The van der Waals surface area contributed by atoms with Crippen molar-refractivity contribution in [3.05, 3.63) is 23.0 Å². The van der Waals surface area contributed by atoms with Gasteiger partial charge in [-0.3, -0.25) is 4.40 Å². The van der Waals surface area contributed by atoms with Gasteiger partial charge in [0, 0.05) is 18.1 Å². The summed E-state index contributed by atoms with van der Waals surface area (Å²) in [5, 5.41) is 0. The Hall–Kier alpha value is -1.36. The Morgan fingerprint density at radius 3 is 3.14 bits per heavy atom. The van der Waals surface area contributed by atoms with Crippen molar-refractivity contribution in [1.29, 1.82) is 0 Å². The van der Waals surface area contributed by atoms with E-state index in [2.05, 4.69) is 4.98 Å². The van der Waals surface area contributed by atoms with E-state index < -0.39 is 0 Å². The summed E-state index contributed by atoms with van der Waals surface area (Å²) in [6.07, 6.45) is 3.55. The number of hydrogen-bond acceptors (Lipinski definition) is 4. The summed E-state index contributed by atoms with van der Waals surface area (Å²) in [5.41, 5.74) is 0.890. The number of aryl methyl sites for hydroxylation is 1. The number of fused-ring (bicyclic) bond motifs is 1. The van der Waals surface area contributed by atoms with Crippen LogP contribution in [0, 0.1) is 6.92 Å². The van der Waals surface area contributed by atoms with Crippen LogP contribution in [-0.4, -0.2) is 22.0 Å². The minimum Gasteiger partial charge on any atom is -0.462 e. The van der Waals surface area contributed by atoms with Crippen LogP contribution in [0.2, 0.25) is 0 Å².